The standard InChI is InChI=1S/C23H21ClF3N5O4/c1-32(2)10-9-29-21(34)15-7-8-16(24)19(20(15)36-22(35)23(25,26)27)31-18-12-28-11-17(30-18)13-3-5-14(33)6-4-13/h3-8,11-12,33H,9-10H2,1-2H3,(H,29,34)(H,30,31). The lowest BCUT2D eigenvalue weighted by molar-refractivity contribution is -0.189. The number of hydrogen-bond acceptors (Lipinski definition) is 8. The second-order valence-corrected chi connectivity index (χ2v) is 8.11. The molecule has 0 aliphatic rings. The van der Waals surface area contributed by atoms with E-state index >= 15 is 0 Å². The average molecular weight is 524 g/mol. The molecule has 0 spiro atoms. The highest BCUT2D eigenvalue weighted by atomic mass is 35.5. The molecule has 0 saturated carbocycles. The molecule has 1 aromatic heterocycles. The molecule has 0 atom stereocenters. The van der Waals surface area contributed by atoms with Crippen molar-refractivity contribution in [1.82, 2.24) is 20.2 Å². The van der Waals surface area contributed by atoms with Crippen LogP contribution in [0.3, 0.4) is 0 Å². The Morgan fingerprint density at radius 1 is 1.11 bits per heavy atom. The molecule has 190 valence electrons. The molecule has 0 aliphatic carbocycles. The van der Waals surface area contributed by atoms with Gasteiger partial charge in [0.1, 0.15) is 17.3 Å². The first-order chi connectivity index (χ1) is 17.0. The van der Waals surface area contributed by atoms with Gasteiger partial charge in [0.05, 0.1) is 28.7 Å². The Hall–Kier alpha value is -3.90. The number of likely N-dealkylation sites (N-methyl/N-ethyl adjacent to an activating group) is 1. The fourth-order valence-corrected chi connectivity index (χ4v) is 3.12. The predicted molar refractivity (Wildman–Crippen MR) is 126 cm³/mol. The van der Waals surface area contributed by atoms with Gasteiger partial charge in [-0.2, -0.15) is 13.2 Å². The molecule has 3 rings (SSSR count). The summed E-state index contributed by atoms with van der Waals surface area (Å²) in [6.07, 6.45) is -2.63. The largest absolute Gasteiger partial charge is 0.508 e. The minimum absolute atomic E-state index is 0.0388. The number of ether oxygens (including phenoxy) is 1. The van der Waals surface area contributed by atoms with E-state index in [4.69, 9.17) is 11.6 Å². The van der Waals surface area contributed by atoms with E-state index in [0.717, 1.165) is 6.07 Å². The van der Waals surface area contributed by atoms with Gasteiger partial charge in [-0.15, -0.1) is 0 Å². The van der Waals surface area contributed by atoms with E-state index < -0.39 is 23.8 Å². The number of carbonyl (C=O) groups excluding carboxylic acids is 2. The number of halogens is 4. The summed E-state index contributed by atoms with van der Waals surface area (Å²) in [7, 11) is 3.56. The van der Waals surface area contributed by atoms with E-state index in [1.807, 2.05) is 0 Å². The van der Waals surface area contributed by atoms with Crippen molar-refractivity contribution in [3.8, 4) is 22.8 Å². The van der Waals surface area contributed by atoms with Crippen LogP contribution >= 0.6 is 11.6 Å². The molecule has 0 aliphatic heterocycles. The quantitative estimate of drug-likeness (QED) is 0.300. The first kappa shape index (κ1) is 26.7. The Balaban J connectivity index is 2.01. The van der Waals surface area contributed by atoms with Crippen LogP contribution in [0, 0.1) is 0 Å². The Bertz CT molecular complexity index is 1250. The lowest BCUT2D eigenvalue weighted by atomic mass is 10.1. The maximum atomic E-state index is 13.0. The summed E-state index contributed by atoms with van der Waals surface area (Å²) >= 11 is 6.22. The van der Waals surface area contributed by atoms with Gasteiger partial charge < -0.3 is 25.4 Å². The first-order valence-electron chi connectivity index (χ1n) is 10.4. The van der Waals surface area contributed by atoms with Crippen LogP contribution in [0.2, 0.25) is 5.02 Å². The topological polar surface area (TPSA) is 117 Å². The molecule has 0 radical (unpaired) electrons. The molecular formula is C23H21ClF3N5O4. The smallest absolute Gasteiger partial charge is 0.491 e. The molecule has 36 heavy (non-hydrogen) atoms. The van der Waals surface area contributed by atoms with Gasteiger partial charge in [-0.3, -0.25) is 9.78 Å². The van der Waals surface area contributed by atoms with Gasteiger partial charge in [0, 0.05) is 18.7 Å². The van der Waals surface area contributed by atoms with Crippen LogP contribution in [0.4, 0.5) is 24.7 Å². The highest BCUT2D eigenvalue weighted by Gasteiger charge is 2.42. The summed E-state index contributed by atoms with van der Waals surface area (Å²) in [4.78, 5) is 34.6. The maximum absolute atomic E-state index is 13.0. The zero-order valence-electron chi connectivity index (χ0n) is 19.1. The van der Waals surface area contributed by atoms with Crippen molar-refractivity contribution >= 4 is 35.0 Å². The minimum Gasteiger partial charge on any atom is -0.508 e. The van der Waals surface area contributed by atoms with E-state index in [-0.39, 0.29) is 34.4 Å². The van der Waals surface area contributed by atoms with E-state index in [9.17, 15) is 27.9 Å². The number of anilines is 2. The van der Waals surface area contributed by atoms with Gasteiger partial charge in [-0.1, -0.05) is 11.6 Å². The second kappa shape index (κ2) is 11.2. The number of nitrogens with one attached hydrogen (secondary N) is 2. The summed E-state index contributed by atoms with van der Waals surface area (Å²) in [5, 5.41) is 14.6. The van der Waals surface area contributed by atoms with Crippen LogP contribution in [0.1, 0.15) is 10.4 Å². The van der Waals surface area contributed by atoms with E-state index in [1.54, 1.807) is 31.1 Å². The van der Waals surface area contributed by atoms with Crippen molar-refractivity contribution in [2.45, 2.75) is 6.18 Å². The molecule has 0 unspecified atom stereocenters. The van der Waals surface area contributed by atoms with Crippen molar-refractivity contribution in [2.24, 2.45) is 0 Å². The van der Waals surface area contributed by atoms with Crippen LogP contribution in [-0.4, -0.2) is 65.2 Å². The van der Waals surface area contributed by atoms with Crippen LogP contribution in [0.15, 0.2) is 48.8 Å². The normalized spacial score (nSPS) is 11.3. The van der Waals surface area contributed by atoms with Crippen molar-refractivity contribution < 1.29 is 32.6 Å². The van der Waals surface area contributed by atoms with E-state index in [2.05, 4.69) is 25.3 Å². The number of benzene rings is 2. The van der Waals surface area contributed by atoms with Gasteiger partial charge in [0.25, 0.3) is 5.91 Å². The summed E-state index contributed by atoms with van der Waals surface area (Å²) in [6.45, 7) is 0.645. The van der Waals surface area contributed by atoms with E-state index in [1.165, 1.54) is 30.6 Å². The number of hydrogen-bond donors (Lipinski definition) is 3. The number of aromatic hydroxyl groups is 1. The van der Waals surface area contributed by atoms with Crippen molar-refractivity contribution in [1.29, 1.82) is 0 Å². The average Bonchev–Trinajstić information content (AvgIpc) is 2.81. The third-order valence-corrected chi connectivity index (χ3v) is 4.99. The fraction of sp³-hybridized carbons (Fsp3) is 0.217. The van der Waals surface area contributed by atoms with Crippen LogP contribution in [0.5, 0.6) is 11.5 Å². The zero-order valence-corrected chi connectivity index (χ0v) is 19.8. The number of carbonyl (C=O) groups is 2. The monoisotopic (exact) mass is 523 g/mol. The van der Waals surface area contributed by atoms with Crippen LogP contribution in [-0.2, 0) is 4.79 Å². The van der Waals surface area contributed by atoms with Crippen LogP contribution in [0.25, 0.3) is 11.3 Å². The Labute approximate surface area is 208 Å². The number of esters is 1. The molecular weight excluding hydrogens is 503 g/mol. The molecule has 0 saturated heterocycles. The van der Waals surface area contributed by atoms with Crippen molar-refractivity contribution in [3.05, 3.63) is 59.4 Å². The summed E-state index contributed by atoms with van der Waals surface area (Å²) in [6, 6.07) is 8.49. The Kier molecular flexibility index (Phi) is 8.33. The van der Waals surface area contributed by atoms with Gasteiger partial charge >= 0.3 is 12.1 Å². The lowest BCUT2D eigenvalue weighted by Gasteiger charge is -2.18. The maximum Gasteiger partial charge on any atom is 0.491 e. The summed E-state index contributed by atoms with van der Waals surface area (Å²) in [5.74, 6) is -3.94. The number of amides is 1. The predicted octanol–water partition coefficient (Wildman–Crippen LogP) is 4.01. The van der Waals surface area contributed by atoms with Gasteiger partial charge in [-0.05, 0) is 50.5 Å². The number of rotatable bonds is 8. The third kappa shape index (κ3) is 6.83. The zero-order chi connectivity index (χ0) is 26.5. The van der Waals surface area contributed by atoms with Gasteiger partial charge in [-0.25, -0.2) is 9.78 Å². The Morgan fingerprint density at radius 2 is 1.81 bits per heavy atom. The molecule has 1 heterocycles. The van der Waals surface area contributed by atoms with Crippen molar-refractivity contribution in [2.75, 3.05) is 32.5 Å². The number of alkyl halides is 3. The number of phenolic OH excluding ortho intramolecular Hbond substituents is 1. The fourth-order valence-electron chi connectivity index (χ4n) is 2.92. The first-order valence-corrected chi connectivity index (χ1v) is 10.8. The summed E-state index contributed by atoms with van der Waals surface area (Å²) < 4.78 is 43.7. The van der Waals surface area contributed by atoms with E-state index in [0.29, 0.717) is 17.8 Å². The van der Waals surface area contributed by atoms with Crippen LogP contribution < -0.4 is 15.4 Å². The molecule has 0 fully saturated rings. The highest BCUT2D eigenvalue weighted by Crippen LogP contribution is 2.39. The SMILES string of the molecule is CN(C)CCNC(=O)c1ccc(Cl)c(Nc2cncc(-c3ccc(O)cc3)n2)c1OC(=O)C(F)(F)F. The lowest BCUT2D eigenvalue weighted by Crippen LogP contribution is -2.33. The number of aromatic nitrogens is 2. The number of nitrogens with zero attached hydrogens (tertiary/aromatic N) is 3. The molecule has 3 N–H and O–H groups in total. The van der Waals surface area contributed by atoms with Gasteiger partial charge in [0.15, 0.2) is 5.75 Å². The minimum atomic E-state index is -5.32. The highest BCUT2D eigenvalue weighted by molar-refractivity contribution is 6.34. The summed E-state index contributed by atoms with van der Waals surface area (Å²) in [5.41, 5.74) is 0.322. The molecule has 1 amide bonds. The molecule has 13 heteroatoms. The van der Waals surface area contributed by atoms with Gasteiger partial charge in [0.2, 0.25) is 0 Å². The second-order valence-electron chi connectivity index (χ2n) is 7.71. The third-order valence-electron chi connectivity index (χ3n) is 4.67. The molecule has 3 aromatic rings. The molecule has 2 aromatic carbocycles. The Morgan fingerprint density at radius 3 is 2.44 bits per heavy atom. The number of phenols is 1. The molecule has 0 bridgehead atoms. The molecule has 9 nitrogen and oxygen atoms in total. The van der Waals surface area contributed by atoms with Crippen molar-refractivity contribution in [3.63, 3.8) is 0 Å².